The zero-order valence-corrected chi connectivity index (χ0v) is 13.1. The standard InChI is InChI=1S/C14H13Br2NO/c1-9-5-6-14(12(16)7-9)18-8-10-11(15)3-2-4-13(10)17/h2-7H,8,17H2,1H3. The van der Waals surface area contributed by atoms with Crippen molar-refractivity contribution in [1.82, 2.24) is 0 Å². The van der Waals surface area contributed by atoms with Gasteiger partial charge in [0, 0.05) is 15.7 Å². The molecule has 0 unspecified atom stereocenters. The van der Waals surface area contributed by atoms with Crippen molar-refractivity contribution in [2.24, 2.45) is 0 Å². The molecule has 0 atom stereocenters. The summed E-state index contributed by atoms with van der Waals surface area (Å²) in [6.07, 6.45) is 0. The zero-order valence-electron chi connectivity index (χ0n) is 9.91. The van der Waals surface area contributed by atoms with E-state index in [9.17, 15) is 0 Å². The number of aryl methyl sites for hydroxylation is 1. The third-order valence-electron chi connectivity index (χ3n) is 2.61. The lowest BCUT2D eigenvalue weighted by molar-refractivity contribution is 0.304. The molecule has 94 valence electrons. The van der Waals surface area contributed by atoms with Gasteiger partial charge in [-0.3, -0.25) is 0 Å². The largest absolute Gasteiger partial charge is 0.488 e. The maximum atomic E-state index is 5.93. The van der Waals surface area contributed by atoms with Gasteiger partial charge in [-0.25, -0.2) is 0 Å². The van der Waals surface area contributed by atoms with Gasteiger partial charge in [0.2, 0.25) is 0 Å². The van der Waals surface area contributed by atoms with Crippen LogP contribution < -0.4 is 10.5 Å². The van der Waals surface area contributed by atoms with Gasteiger partial charge in [-0.1, -0.05) is 28.1 Å². The lowest BCUT2D eigenvalue weighted by Gasteiger charge is -2.11. The Morgan fingerprint density at radius 3 is 2.56 bits per heavy atom. The predicted octanol–water partition coefficient (Wildman–Crippen LogP) is 4.68. The first-order valence-electron chi connectivity index (χ1n) is 5.50. The zero-order chi connectivity index (χ0) is 13.1. The van der Waals surface area contributed by atoms with E-state index < -0.39 is 0 Å². The van der Waals surface area contributed by atoms with Crippen molar-refractivity contribution in [1.29, 1.82) is 0 Å². The molecule has 0 radical (unpaired) electrons. The minimum absolute atomic E-state index is 0.439. The molecule has 0 bridgehead atoms. The van der Waals surface area contributed by atoms with Gasteiger partial charge in [-0.2, -0.15) is 0 Å². The van der Waals surface area contributed by atoms with Crippen LogP contribution in [0.3, 0.4) is 0 Å². The van der Waals surface area contributed by atoms with Gasteiger partial charge in [0.1, 0.15) is 12.4 Å². The third kappa shape index (κ3) is 3.06. The van der Waals surface area contributed by atoms with Crippen molar-refractivity contribution in [3.05, 3.63) is 56.5 Å². The van der Waals surface area contributed by atoms with Gasteiger partial charge in [0.25, 0.3) is 0 Å². The van der Waals surface area contributed by atoms with Gasteiger partial charge in [-0.15, -0.1) is 0 Å². The van der Waals surface area contributed by atoms with Crippen LogP contribution in [0, 0.1) is 6.92 Å². The molecule has 0 aliphatic carbocycles. The Labute approximate surface area is 123 Å². The Kier molecular flexibility index (Phi) is 4.30. The van der Waals surface area contributed by atoms with Crippen molar-refractivity contribution in [2.75, 3.05) is 5.73 Å². The second-order valence-corrected chi connectivity index (χ2v) is 5.74. The minimum atomic E-state index is 0.439. The van der Waals surface area contributed by atoms with Crippen molar-refractivity contribution in [2.45, 2.75) is 13.5 Å². The number of hydrogen-bond donors (Lipinski definition) is 1. The second kappa shape index (κ2) is 5.76. The van der Waals surface area contributed by atoms with E-state index in [0.29, 0.717) is 6.61 Å². The molecule has 2 N–H and O–H groups in total. The van der Waals surface area contributed by atoms with E-state index in [0.717, 1.165) is 25.9 Å². The molecule has 18 heavy (non-hydrogen) atoms. The highest BCUT2D eigenvalue weighted by molar-refractivity contribution is 9.10. The predicted molar refractivity (Wildman–Crippen MR) is 81.8 cm³/mol. The monoisotopic (exact) mass is 369 g/mol. The highest BCUT2D eigenvalue weighted by atomic mass is 79.9. The molecule has 0 aliphatic heterocycles. The molecule has 0 aromatic heterocycles. The van der Waals surface area contributed by atoms with Crippen LogP contribution in [0.4, 0.5) is 5.69 Å². The maximum absolute atomic E-state index is 5.93. The maximum Gasteiger partial charge on any atom is 0.134 e. The Morgan fingerprint density at radius 2 is 1.89 bits per heavy atom. The van der Waals surface area contributed by atoms with Crippen molar-refractivity contribution >= 4 is 37.5 Å². The molecular weight excluding hydrogens is 358 g/mol. The Morgan fingerprint density at radius 1 is 1.11 bits per heavy atom. The topological polar surface area (TPSA) is 35.2 Å². The lowest BCUT2D eigenvalue weighted by atomic mass is 10.2. The molecule has 0 amide bonds. The van der Waals surface area contributed by atoms with Crippen LogP contribution in [0.5, 0.6) is 5.75 Å². The molecule has 2 aromatic rings. The van der Waals surface area contributed by atoms with Crippen LogP contribution in [0.1, 0.15) is 11.1 Å². The quantitative estimate of drug-likeness (QED) is 0.796. The smallest absolute Gasteiger partial charge is 0.134 e. The summed E-state index contributed by atoms with van der Waals surface area (Å²) in [6.45, 7) is 2.48. The molecule has 0 aliphatic rings. The summed E-state index contributed by atoms with van der Waals surface area (Å²) in [4.78, 5) is 0. The van der Waals surface area contributed by atoms with E-state index in [-0.39, 0.29) is 0 Å². The fraction of sp³-hybridized carbons (Fsp3) is 0.143. The van der Waals surface area contributed by atoms with Crippen molar-refractivity contribution in [3.8, 4) is 5.75 Å². The molecule has 0 saturated carbocycles. The fourth-order valence-corrected chi connectivity index (χ4v) is 2.70. The summed E-state index contributed by atoms with van der Waals surface area (Å²) in [7, 11) is 0. The second-order valence-electron chi connectivity index (χ2n) is 4.03. The van der Waals surface area contributed by atoms with Gasteiger partial charge in [0.15, 0.2) is 0 Å². The number of rotatable bonds is 3. The van der Waals surface area contributed by atoms with Gasteiger partial charge < -0.3 is 10.5 Å². The van der Waals surface area contributed by atoms with E-state index in [1.54, 1.807) is 0 Å². The number of anilines is 1. The average molecular weight is 371 g/mol. The van der Waals surface area contributed by atoms with E-state index in [2.05, 4.69) is 31.9 Å². The number of ether oxygens (including phenoxy) is 1. The van der Waals surface area contributed by atoms with E-state index in [1.165, 1.54) is 5.56 Å². The summed E-state index contributed by atoms with van der Waals surface area (Å²) in [5.74, 6) is 0.816. The van der Waals surface area contributed by atoms with Gasteiger partial charge in [0.05, 0.1) is 4.47 Å². The normalized spacial score (nSPS) is 10.4. The molecule has 0 spiro atoms. The lowest BCUT2D eigenvalue weighted by Crippen LogP contribution is -2.01. The third-order valence-corrected chi connectivity index (χ3v) is 3.98. The molecule has 2 rings (SSSR count). The van der Waals surface area contributed by atoms with Crippen molar-refractivity contribution in [3.63, 3.8) is 0 Å². The van der Waals surface area contributed by atoms with E-state index in [4.69, 9.17) is 10.5 Å². The summed E-state index contributed by atoms with van der Waals surface area (Å²) in [5.41, 5.74) is 8.81. The minimum Gasteiger partial charge on any atom is -0.488 e. The van der Waals surface area contributed by atoms with Crippen molar-refractivity contribution < 1.29 is 4.74 Å². The SMILES string of the molecule is Cc1ccc(OCc2c(N)cccc2Br)c(Br)c1. The Bertz CT molecular complexity index is 549. The summed E-state index contributed by atoms with van der Waals surface area (Å²) < 4.78 is 7.70. The fourth-order valence-electron chi connectivity index (χ4n) is 1.60. The molecule has 0 fully saturated rings. The molecule has 2 aromatic carbocycles. The summed E-state index contributed by atoms with van der Waals surface area (Å²) >= 11 is 6.97. The van der Waals surface area contributed by atoms with Crippen LogP contribution >= 0.6 is 31.9 Å². The number of hydrogen-bond acceptors (Lipinski definition) is 2. The van der Waals surface area contributed by atoms with Crippen LogP contribution in [-0.2, 0) is 6.61 Å². The first kappa shape index (κ1) is 13.4. The van der Waals surface area contributed by atoms with Crippen LogP contribution in [0.15, 0.2) is 45.3 Å². The van der Waals surface area contributed by atoms with Crippen LogP contribution in [0.2, 0.25) is 0 Å². The molecule has 0 heterocycles. The van der Waals surface area contributed by atoms with Crippen LogP contribution in [0.25, 0.3) is 0 Å². The first-order chi connectivity index (χ1) is 8.58. The highest BCUT2D eigenvalue weighted by Gasteiger charge is 2.07. The Balaban J connectivity index is 2.16. The number of nitrogen functional groups attached to an aromatic ring is 1. The molecular formula is C14H13Br2NO. The number of benzene rings is 2. The van der Waals surface area contributed by atoms with E-state index in [1.807, 2.05) is 43.3 Å². The summed E-state index contributed by atoms with van der Waals surface area (Å²) in [5, 5.41) is 0. The van der Waals surface area contributed by atoms with E-state index >= 15 is 0 Å². The molecule has 0 saturated heterocycles. The molecule has 4 heteroatoms. The first-order valence-corrected chi connectivity index (χ1v) is 7.08. The average Bonchev–Trinajstić information content (AvgIpc) is 2.31. The number of nitrogens with two attached hydrogens (primary N) is 1. The summed E-state index contributed by atoms with van der Waals surface area (Å²) in [6, 6.07) is 11.7. The van der Waals surface area contributed by atoms with Gasteiger partial charge in [-0.05, 0) is 52.7 Å². The number of halogens is 2. The van der Waals surface area contributed by atoms with Gasteiger partial charge >= 0.3 is 0 Å². The van der Waals surface area contributed by atoms with Crippen LogP contribution in [-0.4, -0.2) is 0 Å². The highest BCUT2D eigenvalue weighted by Crippen LogP contribution is 2.29. The Hall–Kier alpha value is -1.000. The molecule has 2 nitrogen and oxygen atoms in total.